The molecular weight excluding hydrogens is 340 g/mol. The molecule has 6 nitrogen and oxygen atoms in total. The third-order valence-electron chi connectivity index (χ3n) is 3.58. The number of aromatic nitrogens is 5. The van der Waals surface area contributed by atoms with Crippen molar-refractivity contribution in [2.24, 2.45) is 0 Å². The molecule has 0 aliphatic heterocycles. The van der Waals surface area contributed by atoms with Gasteiger partial charge in [-0.15, -0.1) is 28.2 Å². The number of hydrogen-bond donors (Lipinski definition) is 2. The molecule has 2 N–H and O–H groups in total. The fourth-order valence-electron chi connectivity index (χ4n) is 2.48. The molecule has 0 radical (unpaired) electrons. The standard InChI is InChI=1S/C16H14N6S2/c1-9-19-16(22-21-9)20-14-13-12(7-24-15(13)18-8-17-14)10-4-3-5-11(6-10)23-2/h3-8H,1-2H3,(H2,17,18,19,20,21,22). The maximum absolute atomic E-state index is 4.40. The van der Waals surface area contributed by atoms with E-state index in [1.165, 1.54) is 4.90 Å². The highest BCUT2D eigenvalue weighted by Crippen LogP contribution is 2.37. The van der Waals surface area contributed by atoms with Gasteiger partial charge in [-0.3, -0.25) is 5.10 Å². The lowest BCUT2D eigenvalue weighted by molar-refractivity contribution is 1.04. The number of rotatable bonds is 4. The summed E-state index contributed by atoms with van der Waals surface area (Å²) in [6, 6.07) is 8.46. The van der Waals surface area contributed by atoms with E-state index in [1.807, 2.05) is 6.92 Å². The minimum Gasteiger partial charge on any atom is -0.307 e. The van der Waals surface area contributed by atoms with Crippen molar-refractivity contribution >= 4 is 45.1 Å². The molecule has 8 heteroatoms. The molecule has 1 aromatic carbocycles. The predicted molar refractivity (Wildman–Crippen MR) is 99.0 cm³/mol. The summed E-state index contributed by atoms with van der Waals surface area (Å²) in [6.07, 6.45) is 3.63. The van der Waals surface area contributed by atoms with E-state index < -0.39 is 0 Å². The molecular formula is C16H14N6S2. The summed E-state index contributed by atoms with van der Waals surface area (Å²) < 4.78 is 0. The van der Waals surface area contributed by atoms with Crippen LogP contribution in [0.5, 0.6) is 0 Å². The van der Waals surface area contributed by atoms with Crippen molar-refractivity contribution in [3.05, 3.63) is 41.8 Å². The molecule has 0 spiro atoms. The van der Waals surface area contributed by atoms with Gasteiger partial charge in [-0.2, -0.15) is 4.98 Å². The second kappa shape index (κ2) is 6.21. The lowest BCUT2D eigenvalue weighted by Crippen LogP contribution is -1.97. The monoisotopic (exact) mass is 354 g/mol. The zero-order valence-corrected chi connectivity index (χ0v) is 14.7. The van der Waals surface area contributed by atoms with Crippen LogP contribution in [0.25, 0.3) is 21.3 Å². The van der Waals surface area contributed by atoms with Crippen LogP contribution in [0, 0.1) is 6.92 Å². The molecule has 3 aromatic heterocycles. The number of benzene rings is 1. The van der Waals surface area contributed by atoms with Crippen LogP contribution >= 0.6 is 23.1 Å². The summed E-state index contributed by atoms with van der Waals surface area (Å²) in [5.74, 6) is 1.97. The van der Waals surface area contributed by atoms with Crippen LogP contribution < -0.4 is 5.32 Å². The Morgan fingerprint density at radius 1 is 1.25 bits per heavy atom. The Kier molecular flexibility index (Phi) is 3.91. The van der Waals surface area contributed by atoms with Crippen molar-refractivity contribution in [3.63, 3.8) is 0 Å². The fraction of sp³-hybridized carbons (Fsp3) is 0.125. The zero-order valence-electron chi connectivity index (χ0n) is 13.1. The summed E-state index contributed by atoms with van der Waals surface area (Å²) in [4.78, 5) is 15.2. The Morgan fingerprint density at radius 2 is 2.17 bits per heavy atom. The molecule has 0 atom stereocenters. The topological polar surface area (TPSA) is 79.4 Å². The number of thioether (sulfide) groups is 1. The number of aromatic amines is 1. The molecule has 0 aliphatic carbocycles. The fourth-order valence-corrected chi connectivity index (χ4v) is 3.85. The molecule has 0 aliphatic rings. The van der Waals surface area contributed by atoms with Crippen LogP contribution in [0.1, 0.15) is 5.82 Å². The second-order valence-corrected chi connectivity index (χ2v) is 6.89. The van der Waals surface area contributed by atoms with Gasteiger partial charge in [-0.25, -0.2) is 9.97 Å². The van der Waals surface area contributed by atoms with Gasteiger partial charge in [0, 0.05) is 15.8 Å². The van der Waals surface area contributed by atoms with E-state index in [0.29, 0.717) is 11.8 Å². The smallest absolute Gasteiger partial charge is 0.247 e. The Labute approximate surface area is 146 Å². The number of nitrogens with one attached hydrogen (secondary N) is 2. The van der Waals surface area contributed by atoms with Crippen molar-refractivity contribution in [3.8, 4) is 11.1 Å². The summed E-state index contributed by atoms with van der Waals surface area (Å²) >= 11 is 3.33. The van der Waals surface area contributed by atoms with Crippen LogP contribution in [0.4, 0.5) is 11.8 Å². The Bertz CT molecular complexity index is 1010. The number of fused-ring (bicyclic) bond motifs is 1. The first-order chi connectivity index (χ1) is 11.7. The first kappa shape index (κ1) is 15.1. The van der Waals surface area contributed by atoms with Crippen molar-refractivity contribution in [2.45, 2.75) is 11.8 Å². The summed E-state index contributed by atoms with van der Waals surface area (Å²) in [5, 5.41) is 13.2. The highest BCUT2D eigenvalue weighted by atomic mass is 32.2. The maximum Gasteiger partial charge on any atom is 0.247 e. The number of aryl methyl sites for hydroxylation is 1. The predicted octanol–water partition coefficient (Wildman–Crippen LogP) is 4.25. The number of hydrogen-bond acceptors (Lipinski definition) is 7. The van der Waals surface area contributed by atoms with Gasteiger partial charge in [0.05, 0.1) is 5.39 Å². The van der Waals surface area contributed by atoms with Gasteiger partial charge in [-0.1, -0.05) is 12.1 Å². The maximum atomic E-state index is 4.40. The van der Waals surface area contributed by atoms with Crippen LogP contribution in [-0.4, -0.2) is 31.4 Å². The SMILES string of the molecule is CSc1cccc(-c2csc3ncnc(Nc4n[nH]c(C)n4)c23)c1. The van der Waals surface area contributed by atoms with Gasteiger partial charge in [0.1, 0.15) is 22.8 Å². The lowest BCUT2D eigenvalue weighted by atomic mass is 10.1. The molecule has 4 rings (SSSR count). The first-order valence-electron chi connectivity index (χ1n) is 7.27. The zero-order chi connectivity index (χ0) is 16.5. The van der Waals surface area contributed by atoms with Crippen LogP contribution in [-0.2, 0) is 0 Å². The molecule has 4 aromatic rings. The van der Waals surface area contributed by atoms with Gasteiger partial charge in [0.15, 0.2) is 0 Å². The van der Waals surface area contributed by atoms with Crippen molar-refractivity contribution < 1.29 is 0 Å². The van der Waals surface area contributed by atoms with Gasteiger partial charge < -0.3 is 5.32 Å². The van der Waals surface area contributed by atoms with E-state index >= 15 is 0 Å². The van der Waals surface area contributed by atoms with Crippen molar-refractivity contribution in [1.82, 2.24) is 25.1 Å². The normalized spacial score (nSPS) is 11.1. The highest BCUT2D eigenvalue weighted by molar-refractivity contribution is 7.98. The molecule has 3 heterocycles. The third kappa shape index (κ3) is 2.74. The quantitative estimate of drug-likeness (QED) is 0.533. The molecule has 24 heavy (non-hydrogen) atoms. The van der Waals surface area contributed by atoms with E-state index in [2.05, 4.69) is 66.4 Å². The molecule has 0 amide bonds. The summed E-state index contributed by atoms with van der Waals surface area (Å²) in [7, 11) is 0. The van der Waals surface area contributed by atoms with Crippen LogP contribution in [0.3, 0.4) is 0 Å². The molecule has 120 valence electrons. The second-order valence-electron chi connectivity index (χ2n) is 5.15. The molecule has 0 saturated heterocycles. The Balaban J connectivity index is 1.84. The molecule has 0 fully saturated rings. The number of nitrogens with zero attached hydrogens (tertiary/aromatic N) is 4. The van der Waals surface area contributed by atoms with E-state index in [9.17, 15) is 0 Å². The van der Waals surface area contributed by atoms with Gasteiger partial charge in [0.25, 0.3) is 0 Å². The van der Waals surface area contributed by atoms with Crippen LogP contribution in [0.2, 0.25) is 0 Å². The van der Waals surface area contributed by atoms with Crippen molar-refractivity contribution in [1.29, 1.82) is 0 Å². The van der Waals surface area contributed by atoms with E-state index in [-0.39, 0.29) is 0 Å². The minimum atomic E-state index is 0.502. The minimum absolute atomic E-state index is 0.502. The molecule has 0 unspecified atom stereocenters. The Hall–Kier alpha value is -2.45. The summed E-state index contributed by atoms with van der Waals surface area (Å²) in [6.45, 7) is 1.86. The first-order valence-corrected chi connectivity index (χ1v) is 9.37. The Morgan fingerprint density at radius 3 is 2.96 bits per heavy atom. The van der Waals surface area contributed by atoms with E-state index in [1.54, 1.807) is 29.4 Å². The average molecular weight is 354 g/mol. The van der Waals surface area contributed by atoms with Gasteiger partial charge >= 0.3 is 0 Å². The number of H-pyrrole nitrogens is 1. The number of thiophene rings is 1. The lowest BCUT2D eigenvalue weighted by Gasteiger charge is -2.06. The molecule has 0 saturated carbocycles. The summed E-state index contributed by atoms with van der Waals surface area (Å²) in [5.41, 5.74) is 2.26. The largest absolute Gasteiger partial charge is 0.307 e. The van der Waals surface area contributed by atoms with Gasteiger partial charge in [-0.05, 0) is 30.9 Å². The van der Waals surface area contributed by atoms with E-state index in [4.69, 9.17) is 0 Å². The third-order valence-corrected chi connectivity index (χ3v) is 5.19. The van der Waals surface area contributed by atoms with Crippen molar-refractivity contribution in [2.75, 3.05) is 11.6 Å². The highest BCUT2D eigenvalue weighted by Gasteiger charge is 2.14. The molecule has 0 bridgehead atoms. The van der Waals surface area contributed by atoms with E-state index in [0.717, 1.165) is 27.2 Å². The number of anilines is 2. The van der Waals surface area contributed by atoms with Crippen LogP contribution in [0.15, 0.2) is 40.9 Å². The average Bonchev–Trinajstić information content (AvgIpc) is 3.22. The van der Waals surface area contributed by atoms with Gasteiger partial charge in [0.2, 0.25) is 5.95 Å².